The summed E-state index contributed by atoms with van der Waals surface area (Å²) in [6, 6.07) is 6.98. The normalized spacial score (nSPS) is 11.4. The largest absolute Gasteiger partial charge is 0.483 e. The molecule has 0 saturated heterocycles. The molecule has 0 saturated carbocycles. The van der Waals surface area contributed by atoms with Gasteiger partial charge in [-0.05, 0) is 19.1 Å². The predicted octanol–water partition coefficient (Wildman–Crippen LogP) is 1.52. The number of halogens is 1. The Bertz CT molecular complexity index is 469. The SMILES string of the molecule is C[C@@H](O)c1ccc(Br)cc1OCC(=O)NCC#N. The van der Waals surface area contributed by atoms with Gasteiger partial charge in [0, 0.05) is 10.0 Å². The highest BCUT2D eigenvalue weighted by Crippen LogP contribution is 2.28. The number of carbonyl (C=O) groups is 1. The minimum absolute atomic E-state index is 0.0516. The van der Waals surface area contributed by atoms with Crippen molar-refractivity contribution in [2.75, 3.05) is 13.2 Å². The van der Waals surface area contributed by atoms with Crippen LogP contribution in [0.3, 0.4) is 0 Å². The number of nitriles is 1. The fourth-order valence-electron chi connectivity index (χ4n) is 1.31. The van der Waals surface area contributed by atoms with Gasteiger partial charge in [-0.3, -0.25) is 4.79 Å². The van der Waals surface area contributed by atoms with Crippen LogP contribution >= 0.6 is 15.9 Å². The molecule has 1 amide bonds. The number of hydrogen-bond donors (Lipinski definition) is 2. The lowest BCUT2D eigenvalue weighted by Gasteiger charge is -2.13. The van der Waals surface area contributed by atoms with Crippen molar-refractivity contribution in [2.24, 2.45) is 0 Å². The second kappa shape index (κ2) is 6.99. The first-order chi connectivity index (χ1) is 8.54. The molecule has 0 spiro atoms. The van der Waals surface area contributed by atoms with Crippen LogP contribution in [0.4, 0.5) is 0 Å². The van der Waals surface area contributed by atoms with E-state index in [1.165, 1.54) is 0 Å². The number of nitrogens with zero attached hydrogens (tertiary/aromatic N) is 1. The van der Waals surface area contributed by atoms with Crippen molar-refractivity contribution in [3.8, 4) is 11.8 Å². The molecule has 0 aliphatic carbocycles. The summed E-state index contributed by atoms with van der Waals surface area (Å²) >= 11 is 3.29. The van der Waals surface area contributed by atoms with Crippen LogP contribution in [0.1, 0.15) is 18.6 Å². The molecule has 1 atom stereocenters. The van der Waals surface area contributed by atoms with Gasteiger partial charge >= 0.3 is 0 Å². The minimum atomic E-state index is -0.685. The zero-order chi connectivity index (χ0) is 13.5. The number of ether oxygens (including phenoxy) is 1. The predicted molar refractivity (Wildman–Crippen MR) is 68.9 cm³/mol. The van der Waals surface area contributed by atoms with Gasteiger partial charge in [-0.25, -0.2) is 0 Å². The number of aliphatic hydroxyl groups excluding tert-OH is 1. The number of amides is 1. The highest BCUT2D eigenvalue weighted by atomic mass is 79.9. The number of rotatable bonds is 5. The molecule has 2 N–H and O–H groups in total. The van der Waals surface area contributed by atoms with Crippen molar-refractivity contribution in [1.29, 1.82) is 5.26 Å². The molecular formula is C12H13BrN2O3. The second-order valence-corrected chi connectivity index (χ2v) is 4.50. The fraction of sp³-hybridized carbons (Fsp3) is 0.333. The van der Waals surface area contributed by atoms with E-state index in [4.69, 9.17) is 10.00 Å². The molecule has 0 aliphatic heterocycles. The van der Waals surface area contributed by atoms with Crippen molar-refractivity contribution in [3.05, 3.63) is 28.2 Å². The second-order valence-electron chi connectivity index (χ2n) is 3.58. The van der Waals surface area contributed by atoms with Crippen LogP contribution in [0.5, 0.6) is 5.75 Å². The highest BCUT2D eigenvalue weighted by molar-refractivity contribution is 9.10. The van der Waals surface area contributed by atoms with Gasteiger partial charge in [0.2, 0.25) is 0 Å². The molecule has 0 aromatic heterocycles. The summed E-state index contributed by atoms with van der Waals surface area (Å²) in [4.78, 5) is 11.3. The third-order valence-corrected chi connectivity index (χ3v) is 2.64. The first-order valence-electron chi connectivity index (χ1n) is 5.28. The maximum Gasteiger partial charge on any atom is 0.258 e. The molecule has 1 aromatic rings. The van der Waals surface area contributed by atoms with E-state index in [0.717, 1.165) is 4.47 Å². The molecular weight excluding hydrogens is 300 g/mol. The first-order valence-corrected chi connectivity index (χ1v) is 6.08. The maximum absolute atomic E-state index is 11.3. The number of benzene rings is 1. The van der Waals surface area contributed by atoms with E-state index < -0.39 is 6.10 Å². The fourth-order valence-corrected chi connectivity index (χ4v) is 1.65. The molecule has 1 aromatic carbocycles. The van der Waals surface area contributed by atoms with Gasteiger partial charge in [0.05, 0.1) is 12.2 Å². The average molecular weight is 313 g/mol. The zero-order valence-corrected chi connectivity index (χ0v) is 11.4. The van der Waals surface area contributed by atoms with Gasteiger partial charge in [-0.2, -0.15) is 5.26 Å². The molecule has 6 heteroatoms. The quantitative estimate of drug-likeness (QED) is 0.808. The Morgan fingerprint density at radius 1 is 1.67 bits per heavy atom. The van der Waals surface area contributed by atoms with Crippen molar-refractivity contribution >= 4 is 21.8 Å². The van der Waals surface area contributed by atoms with Gasteiger partial charge in [0.15, 0.2) is 6.61 Å². The number of nitrogens with one attached hydrogen (secondary N) is 1. The Labute approximate surface area is 114 Å². The summed E-state index contributed by atoms with van der Waals surface area (Å²) < 4.78 is 6.12. The molecule has 0 radical (unpaired) electrons. The lowest BCUT2D eigenvalue weighted by molar-refractivity contribution is -0.122. The van der Waals surface area contributed by atoms with Gasteiger partial charge in [-0.15, -0.1) is 0 Å². The number of hydrogen-bond acceptors (Lipinski definition) is 4. The van der Waals surface area contributed by atoms with Gasteiger partial charge in [0.25, 0.3) is 5.91 Å². The Morgan fingerprint density at radius 2 is 2.39 bits per heavy atom. The van der Waals surface area contributed by atoms with Crippen molar-refractivity contribution < 1.29 is 14.6 Å². The number of carbonyl (C=O) groups excluding carboxylic acids is 1. The third-order valence-electron chi connectivity index (χ3n) is 2.15. The molecule has 0 fully saturated rings. The summed E-state index contributed by atoms with van der Waals surface area (Å²) in [5.74, 6) is 0.0551. The molecule has 5 nitrogen and oxygen atoms in total. The lowest BCUT2D eigenvalue weighted by Crippen LogP contribution is -2.29. The van der Waals surface area contributed by atoms with Crippen LogP contribution in [0.15, 0.2) is 22.7 Å². The summed E-state index contributed by atoms with van der Waals surface area (Å²) in [5, 5.41) is 20.2. The van der Waals surface area contributed by atoms with Crippen LogP contribution in [0, 0.1) is 11.3 Å². The van der Waals surface area contributed by atoms with Crippen molar-refractivity contribution in [2.45, 2.75) is 13.0 Å². The van der Waals surface area contributed by atoms with Crippen LogP contribution in [0.2, 0.25) is 0 Å². The molecule has 0 heterocycles. The van der Waals surface area contributed by atoms with E-state index in [1.54, 1.807) is 31.2 Å². The molecule has 1 rings (SSSR count). The minimum Gasteiger partial charge on any atom is -0.483 e. The van der Waals surface area contributed by atoms with E-state index in [-0.39, 0.29) is 19.1 Å². The Morgan fingerprint density at radius 3 is 3.00 bits per heavy atom. The molecule has 18 heavy (non-hydrogen) atoms. The van der Waals surface area contributed by atoms with E-state index in [9.17, 15) is 9.90 Å². The van der Waals surface area contributed by atoms with Crippen LogP contribution in [0.25, 0.3) is 0 Å². The first kappa shape index (κ1) is 14.5. The lowest BCUT2D eigenvalue weighted by atomic mass is 10.1. The van der Waals surface area contributed by atoms with Crippen molar-refractivity contribution in [1.82, 2.24) is 5.32 Å². The zero-order valence-electron chi connectivity index (χ0n) is 9.81. The Kier molecular flexibility index (Phi) is 5.62. The third kappa shape index (κ3) is 4.35. The average Bonchev–Trinajstić information content (AvgIpc) is 2.33. The summed E-state index contributed by atoms with van der Waals surface area (Å²) in [5.41, 5.74) is 0.603. The topological polar surface area (TPSA) is 82.3 Å². The van der Waals surface area contributed by atoms with Gasteiger partial charge in [-0.1, -0.05) is 22.0 Å². The molecule has 0 aliphatic rings. The summed E-state index contributed by atoms with van der Waals surface area (Å²) in [6.45, 7) is 1.37. The summed E-state index contributed by atoms with van der Waals surface area (Å²) in [7, 11) is 0. The smallest absolute Gasteiger partial charge is 0.258 e. The molecule has 0 bridgehead atoms. The summed E-state index contributed by atoms with van der Waals surface area (Å²) in [6.07, 6.45) is -0.685. The van der Waals surface area contributed by atoms with Gasteiger partial charge < -0.3 is 15.2 Å². The van der Waals surface area contributed by atoms with Crippen LogP contribution in [-0.4, -0.2) is 24.2 Å². The van der Waals surface area contributed by atoms with E-state index in [2.05, 4.69) is 21.2 Å². The molecule has 0 unspecified atom stereocenters. The van der Waals surface area contributed by atoms with Gasteiger partial charge in [0.1, 0.15) is 12.3 Å². The van der Waals surface area contributed by atoms with E-state index >= 15 is 0 Å². The Hall–Kier alpha value is -1.58. The van der Waals surface area contributed by atoms with E-state index in [1.807, 2.05) is 0 Å². The van der Waals surface area contributed by atoms with Crippen LogP contribution in [-0.2, 0) is 4.79 Å². The van der Waals surface area contributed by atoms with Crippen molar-refractivity contribution in [3.63, 3.8) is 0 Å². The standard InChI is InChI=1S/C12H13BrN2O3/c1-8(16)10-3-2-9(13)6-11(10)18-7-12(17)15-5-4-14/h2-3,6,8,16H,5,7H2,1H3,(H,15,17)/t8-/m1/s1. The Balaban J connectivity index is 2.69. The van der Waals surface area contributed by atoms with E-state index in [0.29, 0.717) is 11.3 Å². The van der Waals surface area contributed by atoms with Crippen LogP contribution < -0.4 is 10.1 Å². The highest BCUT2D eigenvalue weighted by Gasteiger charge is 2.11. The maximum atomic E-state index is 11.3. The number of aliphatic hydroxyl groups is 1. The monoisotopic (exact) mass is 312 g/mol. The molecule has 96 valence electrons.